The zero-order chi connectivity index (χ0) is 9.42. The van der Waals surface area contributed by atoms with Crippen LogP contribution >= 0.6 is 0 Å². The van der Waals surface area contributed by atoms with Crippen LogP contribution in [0.4, 0.5) is 0 Å². The predicted octanol–water partition coefficient (Wildman–Crippen LogP) is -0.0802. The maximum Gasteiger partial charge on any atom is 0.347 e. The molecular formula is C8H7N3O2. The Morgan fingerprint density at radius 3 is 2.77 bits per heavy atom. The molecule has 13 heavy (non-hydrogen) atoms. The Labute approximate surface area is 72.5 Å². The van der Waals surface area contributed by atoms with E-state index >= 15 is 0 Å². The van der Waals surface area contributed by atoms with Crippen LogP contribution in [0.5, 0.6) is 0 Å². The van der Waals surface area contributed by atoms with Crippen LogP contribution in [0.25, 0.3) is 11.0 Å². The quantitative estimate of drug-likeness (QED) is 0.590. The van der Waals surface area contributed by atoms with Gasteiger partial charge in [-0.25, -0.2) is 4.79 Å². The molecule has 0 saturated carbocycles. The maximum atomic E-state index is 10.9. The van der Waals surface area contributed by atoms with Crippen molar-refractivity contribution in [2.75, 3.05) is 0 Å². The van der Waals surface area contributed by atoms with Crippen LogP contribution in [0.1, 0.15) is 5.69 Å². The first-order valence-electron chi connectivity index (χ1n) is 3.77. The monoisotopic (exact) mass is 177 g/mol. The number of aromatic amines is 2. The van der Waals surface area contributed by atoms with E-state index in [1.165, 1.54) is 6.07 Å². The summed E-state index contributed by atoms with van der Waals surface area (Å²) in [4.78, 5) is 30.5. The lowest BCUT2D eigenvalue weighted by molar-refractivity contribution is 1.05. The Morgan fingerprint density at radius 1 is 1.23 bits per heavy atom. The van der Waals surface area contributed by atoms with Crippen LogP contribution in [0.3, 0.4) is 0 Å². The van der Waals surface area contributed by atoms with Gasteiger partial charge in [0.15, 0.2) is 0 Å². The molecule has 66 valence electrons. The average molecular weight is 177 g/mol. The summed E-state index contributed by atoms with van der Waals surface area (Å²) in [7, 11) is 0. The van der Waals surface area contributed by atoms with Crippen molar-refractivity contribution in [1.29, 1.82) is 0 Å². The minimum absolute atomic E-state index is 0.259. The third-order valence-corrected chi connectivity index (χ3v) is 1.81. The van der Waals surface area contributed by atoms with Crippen LogP contribution in [0.15, 0.2) is 21.7 Å². The Morgan fingerprint density at radius 2 is 2.00 bits per heavy atom. The number of fused-ring (bicyclic) bond motifs is 1. The Balaban J connectivity index is 3.03. The van der Waals surface area contributed by atoms with Crippen LogP contribution in [0, 0.1) is 6.92 Å². The minimum Gasteiger partial charge on any atom is -0.309 e. The molecule has 2 N–H and O–H groups in total. The third kappa shape index (κ3) is 1.24. The number of hydrogen-bond acceptors (Lipinski definition) is 3. The second-order valence-corrected chi connectivity index (χ2v) is 2.75. The molecule has 0 atom stereocenters. The number of aryl methyl sites for hydroxylation is 1. The van der Waals surface area contributed by atoms with Gasteiger partial charge < -0.3 is 9.97 Å². The topological polar surface area (TPSA) is 78.6 Å². The molecule has 0 saturated heterocycles. The standard InChI is InChI=1S/C8H7N3O2/c1-4-5-2-3-6(12)10-7(5)11-8(13)9-4/h2-3H,1H3,(H2,9,10,11,12,13). The number of H-pyrrole nitrogens is 2. The highest BCUT2D eigenvalue weighted by molar-refractivity contribution is 5.76. The molecule has 5 nitrogen and oxygen atoms in total. The van der Waals surface area contributed by atoms with Gasteiger partial charge in [-0.2, -0.15) is 4.98 Å². The molecule has 0 radical (unpaired) electrons. The van der Waals surface area contributed by atoms with Crippen LogP contribution < -0.4 is 11.2 Å². The lowest BCUT2D eigenvalue weighted by Gasteiger charge is -1.97. The maximum absolute atomic E-state index is 10.9. The van der Waals surface area contributed by atoms with E-state index in [-0.39, 0.29) is 5.56 Å². The first-order chi connectivity index (χ1) is 6.16. The fourth-order valence-corrected chi connectivity index (χ4v) is 1.21. The molecule has 0 aliphatic carbocycles. The normalized spacial score (nSPS) is 10.5. The highest BCUT2D eigenvalue weighted by Crippen LogP contribution is 2.06. The zero-order valence-electron chi connectivity index (χ0n) is 6.92. The van der Waals surface area contributed by atoms with Gasteiger partial charge in [-0.1, -0.05) is 0 Å². The molecule has 0 spiro atoms. The van der Waals surface area contributed by atoms with Gasteiger partial charge in [-0.15, -0.1) is 0 Å². The van der Waals surface area contributed by atoms with Crippen molar-refractivity contribution in [2.45, 2.75) is 6.92 Å². The summed E-state index contributed by atoms with van der Waals surface area (Å²) in [6, 6.07) is 3.03. The lowest BCUT2D eigenvalue weighted by Crippen LogP contribution is -2.15. The summed E-state index contributed by atoms with van der Waals surface area (Å²) in [6.07, 6.45) is 0. The number of pyridine rings is 1. The fraction of sp³-hybridized carbons (Fsp3) is 0.125. The summed E-state index contributed by atoms with van der Waals surface area (Å²) in [6.45, 7) is 1.75. The van der Waals surface area contributed by atoms with E-state index in [9.17, 15) is 9.59 Å². The average Bonchev–Trinajstić information content (AvgIpc) is 2.02. The molecule has 0 aliphatic rings. The van der Waals surface area contributed by atoms with Crippen molar-refractivity contribution >= 4 is 11.0 Å². The van der Waals surface area contributed by atoms with E-state index < -0.39 is 5.69 Å². The third-order valence-electron chi connectivity index (χ3n) is 1.81. The van der Waals surface area contributed by atoms with Crippen LogP contribution in [-0.4, -0.2) is 15.0 Å². The van der Waals surface area contributed by atoms with Crippen molar-refractivity contribution < 1.29 is 0 Å². The van der Waals surface area contributed by atoms with Gasteiger partial charge >= 0.3 is 5.69 Å². The molecule has 0 amide bonds. The number of hydrogen-bond donors (Lipinski definition) is 2. The molecular weight excluding hydrogens is 170 g/mol. The van der Waals surface area contributed by atoms with Gasteiger partial charge in [-0.05, 0) is 13.0 Å². The molecule has 0 aromatic carbocycles. The molecule has 2 aromatic rings. The Kier molecular flexibility index (Phi) is 1.51. The molecule has 2 aromatic heterocycles. The van der Waals surface area contributed by atoms with E-state index in [2.05, 4.69) is 15.0 Å². The Hall–Kier alpha value is -1.91. The molecule has 0 fully saturated rings. The highest BCUT2D eigenvalue weighted by atomic mass is 16.1. The molecule has 0 unspecified atom stereocenters. The molecule has 0 aliphatic heterocycles. The van der Waals surface area contributed by atoms with E-state index in [1.54, 1.807) is 13.0 Å². The first kappa shape index (κ1) is 7.72. The Bertz CT molecular complexity index is 562. The largest absolute Gasteiger partial charge is 0.347 e. The predicted molar refractivity (Wildman–Crippen MR) is 47.7 cm³/mol. The van der Waals surface area contributed by atoms with Gasteiger partial charge in [0.05, 0.1) is 0 Å². The van der Waals surface area contributed by atoms with Gasteiger partial charge in [0.2, 0.25) is 5.56 Å². The minimum atomic E-state index is -0.452. The van der Waals surface area contributed by atoms with Gasteiger partial charge in [-0.3, -0.25) is 4.79 Å². The number of aromatic nitrogens is 3. The van der Waals surface area contributed by atoms with Crippen molar-refractivity contribution in [3.63, 3.8) is 0 Å². The van der Waals surface area contributed by atoms with Crippen molar-refractivity contribution in [3.05, 3.63) is 38.7 Å². The highest BCUT2D eigenvalue weighted by Gasteiger charge is 2.00. The molecule has 2 heterocycles. The van der Waals surface area contributed by atoms with E-state index in [0.29, 0.717) is 11.3 Å². The number of nitrogens with zero attached hydrogens (tertiary/aromatic N) is 1. The summed E-state index contributed by atoms with van der Waals surface area (Å²) in [5, 5.41) is 0.749. The summed E-state index contributed by atoms with van der Waals surface area (Å²) in [5.74, 6) is 0. The second-order valence-electron chi connectivity index (χ2n) is 2.75. The van der Waals surface area contributed by atoms with Gasteiger partial charge in [0.25, 0.3) is 0 Å². The van der Waals surface area contributed by atoms with Crippen molar-refractivity contribution in [2.24, 2.45) is 0 Å². The second kappa shape index (κ2) is 2.55. The van der Waals surface area contributed by atoms with Crippen LogP contribution in [0.2, 0.25) is 0 Å². The summed E-state index contributed by atoms with van der Waals surface area (Å²) >= 11 is 0. The van der Waals surface area contributed by atoms with Gasteiger partial charge in [0, 0.05) is 17.1 Å². The van der Waals surface area contributed by atoms with Crippen LogP contribution in [-0.2, 0) is 0 Å². The van der Waals surface area contributed by atoms with Crippen molar-refractivity contribution in [3.8, 4) is 0 Å². The fourth-order valence-electron chi connectivity index (χ4n) is 1.21. The molecule has 2 rings (SSSR count). The van der Waals surface area contributed by atoms with Gasteiger partial charge in [0.1, 0.15) is 5.65 Å². The summed E-state index contributed by atoms with van der Waals surface area (Å²) in [5.41, 5.74) is 0.317. The van der Waals surface area contributed by atoms with E-state index in [4.69, 9.17) is 0 Å². The van der Waals surface area contributed by atoms with Crippen molar-refractivity contribution in [1.82, 2.24) is 15.0 Å². The zero-order valence-corrected chi connectivity index (χ0v) is 6.92. The van der Waals surface area contributed by atoms with E-state index in [0.717, 1.165) is 5.39 Å². The van der Waals surface area contributed by atoms with E-state index in [1.807, 2.05) is 0 Å². The SMILES string of the molecule is Cc1[nH]c(=O)nc2[nH]c(=O)ccc12. The number of rotatable bonds is 0. The molecule has 0 bridgehead atoms. The molecule has 5 heteroatoms. The smallest absolute Gasteiger partial charge is 0.309 e. The number of nitrogens with one attached hydrogen (secondary N) is 2. The summed E-state index contributed by atoms with van der Waals surface area (Å²) < 4.78 is 0. The lowest BCUT2D eigenvalue weighted by atomic mass is 10.2. The first-order valence-corrected chi connectivity index (χ1v) is 3.77.